The molecule has 0 aliphatic carbocycles. The van der Waals surface area contributed by atoms with Crippen molar-refractivity contribution in [1.82, 2.24) is 19.0 Å². The number of hydrogen-bond acceptors (Lipinski definition) is 5. The minimum absolute atomic E-state index is 0.0932. The molecular weight excluding hydrogens is 296 g/mol. The summed E-state index contributed by atoms with van der Waals surface area (Å²) in [6.45, 7) is 2.70. The summed E-state index contributed by atoms with van der Waals surface area (Å²) in [5, 5.41) is 0. The zero-order valence-corrected chi connectivity index (χ0v) is 12.7. The van der Waals surface area contributed by atoms with Gasteiger partial charge in [0.05, 0.1) is 19.1 Å². The summed E-state index contributed by atoms with van der Waals surface area (Å²) < 4.78 is 33.2. The normalized spacial score (nSPS) is 20.3. The SMILES string of the molecule is CCOC(=O)C1CCCN(S(=O)(=O)NCc2ncc[nH]2)C1. The quantitative estimate of drug-likeness (QED) is 0.720. The highest BCUT2D eigenvalue weighted by molar-refractivity contribution is 7.87. The van der Waals surface area contributed by atoms with Crippen LogP contribution in [0.5, 0.6) is 0 Å². The number of hydrogen-bond donors (Lipinski definition) is 2. The van der Waals surface area contributed by atoms with Gasteiger partial charge in [-0.15, -0.1) is 0 Å². The molecule has 2 N–H and O–H groups in total. The average Bonchev–Trinajstić information content (AvgIpc) is 2.99. The number of carbonyl (C=O) groups excluding carboxylic acids is 1. The molecule has 2 rings (SSSR count). The van der Waals surface area contributed by atoms with Gasteiger partial charge >= 0.3 is 5.97 Å². The van der Waals surface area contributed by atoms with Crippen molar-refractivity contribution in [2.45, 2.75) is 26.3 Å². The maximum absolute atomic E-state index is 12.2. The predicted molar refractivity (Wildman–Crippen MR) is 75.3 cm³/mol. The molecule has 1 atom stereocenters. The van der Waals surface area contributed by atoms with Gasteiger partial charge in [-0.3, -0.25) is 4.79 Å². The van der Waals surface area contributed by atoms with Crippen LogP contribution in [0.2, 0.25) is 0 Å². The lowest BCUT2D eigenvalue weighted by Gasteiger charge is -2.30. The van der Waals surface area contributed by atoms with Crippen molar-refractivity contribution >= 4 is 16.2 Å². The summed E-state index contributed by atoms with van der Waals surface area (Å²) in [5.74, 6) is -0.181. The molecule has 8 nitrogen and oxygen atoms in total. The van der Waals surface area contributed by atoms with Crippen LogP contribution >= 0.6 is 0 Å². The van der Waals surface area contributed by atoms with Gasteiger partial charge < -0.3 is 9.72 Å². The first kappa shape index (κ1) is 15.9. The van der Waals surface area contributed by atoms with Crippen molar-refractivity contribution in [3.05, 3.63) is 18.2 Å². The van der Waals surface area contributed by atoms with E-state index in [4.69, 9.17) is 4.74 Å². The number of nitrogens with one attached hydrogen (secondary N) is 2. The third-order valence-corrected chi connectivity index (χ3v) is 4.84. The van der Waals surface area contributed by atoms with Crippen molar-refractivity contribution in [2.24, 2.45) is 5.92 Å². The number of ether oxygens (including phenoxy) is 1. The van der Waals surface area contributed by atoms with E-state index in [-0.39, 0.29) is 25.0 Å². The highest BCUT2D eigenvalue weighted by Gasteiger charge is 2.32. The number of piperidine rings is 1. The van der Waals surface area contributed by atoms with Gasteiger partial charge in [-0.25, -0.2) is 4.98 Å². The third-order valence-electron chi connectivity index (χ3n) is 3.32. The summed E-state index contributed by atoms with van der Waals surface area (Å²) in [7, 11) is -3.63. The van der Waals surface area contributed by atoms with Gasteiger partial charge in [-0.2, -0.15) is 17.4 Å². The van der Waals surface area contributed by atoms with Crippen LogP contribution in [0.3, 0.4) is 0 Å². The zero-order chi connectivity index (χ0) is 15.3. The topological polar surface area (TPSA) is 104 Å². The Labute approximate surface area is 124 Å². The Kier molecular flexibility index (Phi) is 5.32. The number of nitrogens with zero attached hydrogens (tertiary/aromatic N) is 2. The molecule has 118 valence electrons. The van der Waals surface area contributed by atoms with Gasteiger partial charge in [0.25, 0.3) is 10.2 Å². The number of rotatable bonds is 6. The highest BCUT2D eigenvalue weighted by Crippen LogP contribution is 2.20. The van der Waals surface area contributed by atoms with Crippen molar-refractivity contribution in [1.29, 1.82) is 0 Å². The summed E-state index contributed by atoms with van der Waals surface area (Å²) in [4.78, 5) is 18.5. The number of esters is 1. The molecule has 0 bridgehead atoms. The van der Waals surface area contributed by atoms with Crippen LogP contribution < -0.4 is 4.72 Å². The van der Waals surface area contributed by atoms with E-state index in [9.17, 15) is 13.2 Å². The molecule has 1 aromatic rings. The first-order chi connectivity index (χ1) is 10.0. The Hall–Kier alpha value is -1.45. The van der Waals surface area contributed by atoms with E-state index in [1.54, 1.807) is 19.3 Å². The molecule has 9 heteroatoms. The molecule has 0 radical (unpaired) electrons. The van der Waals surface area contributed by atoms with E-state index in [0.29, 0.717) is 31.8 Å². The maximum Gasteiger partial charge on any atom is 0.310 e. The first-order valence-corrected chi connectivity index (χ1v) is 8.36. The molecule has 1 fully saturated rings. The summed E-state index contributed by atoms with van der Waals surface area (Å²) in [5.41, 5.74) is 0. The van der Waals surface area contributed by atoms with E-state index < -0.39 is 10.2 Å². The lowest BCUT2D eigenvalue weighted by molar-refractivity contribution is -0.149. The van der Waals surface area contributed by atoms with E-state index in [1.165, 1.54) is 4.31 Å². The second-order valence-corrected chi connectivity index (χ2v) is 6.57. The molecule has 0 spiro atoms. The van der Waals surface area contributed by atoms with Crippen LogP contribution in [-0.4, -0.2) is 48.4 Å². The van der Waals surface area contributed by atoms with E-state index in [0.717, 1.165) is 0 Å². The van der Waals surface area contributed by atoms with Gasteiger partial charge in [0.2, 0.25) is 0 Å². The molecule has 0 amide bonds. The maximum atomic E-state index is 12.2. The second-order valence-electron chi connectivity index (χ2n) is 4.81. The van der Waals surface area contributed by atoms with Crippen molar-refractivity contribution < 1.29 is 17.9 Å². The van der Waals surface area contributed by atoms with Gasteiger partial charge in [-0.1, -0.05) is 0 Å². The van der Waals surface area contributed by atoms with Crippen LogP contribution in [0.25, 0.3) is 0 Å². The molecule has 0 aromatic carbocycles. The Balaban J connectivity index is 1.94. The number of imidazole rings is 1. The minimum atomic E-state index is -3.63. The first-order valence-electron chi connectivity index (χ1n) is 6.92. The van der Waals surface area contributed by atoms with Crippen LogP contribution in [0.15, 0.2) is 12.4 Å². The summed E-state index contributed by atoms with van der Waals surface area (Å²) in [6, 6.07) is 0. The van der Waals surface area contributed by atoms with Gasteiger partial charge in [0.1, 0.15) is 5.82 Å². The standard InChI is InChI=1S/C12H20N4O4S/c1-2-20-12(17)10-4-3-7-16(9-10)21(18,19)15-8-11-13-5-6-14-11/h5-6,10,15H,2-4,7-9H2,1H3,(H,13,14). The van der Waals surface area contributed by atoms with E-state index >= 15 is 0 Å². The van der Waals surface area contributed by atoms with Gasteiger partial charge in [0.15, 0.2) is 0 Å². The number of H-pyrrole nitrogens is 1. The Morgan fingerprint density at radius 2 is 2.43 bits per heavy atom. The molecule has 2 heterocycles. The van der Waals surface area contributed by atoms with Gasteiger partial charge in [0, 0.05) is 25.5 Å². The Bertz CT molecular complexity index is 558. The predicted octanol–water partition coefficient (Wildman–Crippen LogP) is 0.0192. The molecule has 1 aliphatic rings. The van der Waals surface area contributed by atoms with E-state index in [1.807, 2.05) is 0 Å². The monoisotopic (exact) mass is 316 g/mol. The van der Waals surface area contributed by atoms with Gasteiger partial charge in [-0.05, 0) is 19.8 Å². The summed E-state index contributed by atoms with van der Waals surface area (Å²) in [6.07, 6.45) is 4.48. The lowest BCUT2D eigenvalue weighted by Crippen LogP contribution is -2.47. The van der Waals surface area contributed by atoms with Crippen molar-refractivity contribution in [3.63, 3.8) is 0 Å². The smallest absolute Gasteiger partial charge is 0.310 e. The van der Waals surface area contributed by atoms with Crippen LogP contribution in [0.4, 0.5) is 0 Å². The second kappa shape index (κ2) is 7.01. The molecule has 1 unspecified atom stereocenters. The van der Waals surface area contributed by atoms with Crippen molar-refractivity contribution in [3.8, 4) is 0 Å². The Morgan fingerprint density at radius 1 is 1.62 bits per heavy atom. The zero-order valence-electron chi connectivity index (χ0n) is 11.9. The summed E-state index contributed by atoms with van der Waals surface area (Å²) >= 11 is 0. The number of carbonyl (C=O) groups is 1. The molecule has 1 aliphatic heterocycles. The average molecular weight is 316 g/mol. The lowest BCUT2D eigenvalue weighted by atomic mass is 10.0. The van der Waals surface area contributed by atoms with Crippen LogP contribution in [0, 0.1) is 5.92 Å². The fourth-order valence-electron chi connectivity index (χ4n) is 2.26. The number of aromatic amines is 1. The molecule has 1 saturated heterocycles. The molecule has 1 aromatic heterocycles. The largest absolute Gasteiger partial charge is 0.466 e. The Morgan fingerprint density at radius 3 is 3.10 bits per heavy atom. The molecule has 21 heavy (non-hydrogen) atoms. The molecule has 0 saturated carbocycles. The minimum Gasteiger partial charge on any atom is -0.466 e. The highest BCUT2D eigenvalue weighted by atomic mass is 32.2. The third kappa shape index (κ3) is 4.26. The van der Waals surface area contributed by atoms with Crippen LogP contribution in [0.1, 0.15) is 25.6 Å². The number of aromatic nitrogens is 2. The van der Waals surface area contributed by atoms with Crippen LogP contribution in [-0.2, 0) is 26.3 Å². The van der Waals surface area contributed by atoms with Crippen molar-refractivity contribution in [2.75, 3.05) is 19.7 Å². The van der Waals surface area contributed by atoms with E-state index in [2.05, 4.69) is 14.7 Å². The molecular formula is C12H20N4O4S. The fraction of sp³-hybridized carbons (Fsp3) is 0.667. The fourth-order valence-corrected chi connectivity index (χ4v) is 3.51.